The molecule has 1 rings (SSSR count). The van der Waals surface area contributed by atoms with Gasteiger partial charge in [0.2, 0.25) is 0 Å². The summed E-state index contributed by atoms with van der Waals surface area (Å²) in [5, 5.41) is 0. The van der Waals surface area contributed by atoms with Crippen molar-refractivity contribution in [3.05, 3.63) is 23.4 Å². The highest BCUT2D eigenvalue weighted by Crippen LogP contribution is 2.10. The normalized spacial score (nSPS) is 9.58. The van der Waals surface area contributed by atoms with Crippen LogP contribution in [0.15, 0.2) is 12.1 Å². The van der Waals surface area contributed by atoms with Crippen molar-refractivity contribution in [2.45, 2.75) is 6.92 Å². The maximum atomic E-state index is 10.5. The van der Waals surface area contributed by atoms with Gasteiger partial charge in [0.15, 0.2) is 6.29 Å². The third-order valence-electron chi connectivity index (χ3n) is 1.69. The van der Waals surface area contributed by atoms with Crippen LogP contribution < -0.4 is 4.90 Å². The van der Waals surface area contributed by atoms with Crippen molar-refractivity contribution >= 4 is 12.1 Å². The van der Waals surface area contributed by atoms with Crippen molar-refractivity contribution in [3.63, 3.8) is 0 Å². The predicted molar refractivity (Wildman–Crippen MR) is 48.7 cm³/mol. The fourth-order valence-electron chi connectivity index (χ4n) is 0.902. The minimum atomic E-state index is 0.515. The molecule has 1 aromatic rings. The van der Waals surface area contributed by atoms with Gasteiger partial charge in [-0.25, -0.2) is 4.98 Å². The second-order valence-corrected chi connectivity index (χ2v) is 2.88. The van der Waals surface area contributed by atoms with E-state index in [1.807, 2.05) is 38.1 Å². The molecule has 64 valence electrons. The molecule has 0 amide bonds. The first kappa shape index (κ1) is 8.71. The number of hydrogen-bond donors (Lipinski definition) is 0. The minimum absolute atomic E-state index is 0.515. The summed E-state index contributed by atoms with van der Waals surface area (Å²) >= 11 is 0. The molecule has 0 spiro atoms. The summed E-state index contributed by atoms with van der Waals surface area (Å²) in [5.41, 5.74) is 1.43. The predicted octanol–water partition coefficient (Wildman–Crippen LogP) is 1.27. The van der Waals surface area contributed by atoms with Crippen LogP contribution in [0.1, 0.15) is 16.1 Å². The number of aryl methyl sites for hydroxylation is 1. The SMILES string of the molecule is Cc1ccc(N(C)C)nc1C=O. The van der Waals surface area contributed by atoms with E-state index in [1.54, 1.807) is 0 Å². The Bertz CT molecular complexity index is 295. The summed E-state index contributed by atoms with van der Waals surface area (Å²) in [7, 11) is 3.79. The zero-order valence-corrected chi connectivity index (χ0v) is 7.53. The van der Waals surface area contributed by atoms with E-state index in [-0.39, 0.29) is 0 Å². The van der Waals surface area contributed by atoms with Gasteiger partial charge in [0.05, 0.1) is 0 Å². The zero-order valence-electron chi connectivity index (χ0n) is 7.53. The van der Waals surface area contributed by atoms with Crippen LogP contribution in [0.2, 0.25) is 0 Å². The largest absolute Gasteiger partial charge is 0.363 e. The molecule has 12 heavy (non-hydrogen) atoms. The fraction of sp³-hybridized carbons (Fsp3) is 0.333. The first-order chi connectivity index (χ1) is 5.65. The lowest BCUT2D eigenvalue weighted by Gasteiger charge is -2.11. The van der Waals surface area contributed by atoms with Crippen molar-refractivity contribution in [2.75, 3.05) is 19.0 Å². The molecule has 3 heteroatoms. The molecule has 0 unspecified atom stereocenters. The molecule has 0 fully saturated rings. The maximum Gasteiger partial charge on any atom is 0.168 e. The summed E-state index contributed by atoms with van der Waals surface area (Å²) < 4.78 is 0. The second kappa shape index (κ2) is 3.34. The van der Waals surface area contributed by atoms with Gasteiger partial charge < -0.3 is 4.90 Å². The van der Waals surface area contributed by atoms with Gasteiger partial charge in [-0.3, -0.25) is 4.79 Å². The third kappa shape index (κ3) is 1.61. The molecule has 0 aromatic carbocycles. The highest BCUT2D eigenvalue weighted by Gasteiger charge is 2.01. The number of hydrogen-bond acceptors (Lipinski definition) is 3. The molecule has 0 radical (unpaired) electrons. The van der Waals surface area contributed by atoms with Crippen molar-refractivity contribution in [1.29, 1.82) is 0 Å². The highest BCUT2D eigenvalue weighted by molar-refractivity contribution is 5.75. The molecule has 0 N–H and O–H groups in total. The summed E-state index contributed by atoms with van der Waals surface area (Å²) in [6.45, 7) is 1.87. The molecule has 0 aliphatic carbocycles. The van der Waals surface area contributed by atoms with Crippen molar-refractivity contribution in [3.8, 4) is 0 Å². The van der Waals surface area contributed by atoms with Crippen LogP contribution in [0.25, 0.3) is 0 Å². The van der Waals surface area contributed by atoms with Gasteiger partial charge in [-0.05, 0) is 18.6 Å². The van der Waals surface area contributed by atoms with Crippen LogP contribution in [0.4, 0.5) is 5.82 Å². The average molecular weight is 164 g/mol. The Morgan fingerprint density at radius 3 is 2.58 bits per heavy atom. The summed E-state index contributed by atoms with van der Waals surface area (Å²) in [6.07, 6.45) is 0.780. The molecule has 0 bridgehead atoms. The van der Waals surface area contributed by atoms with Crippen LogP contribution >= 0.6 is 0 Å². The Kier molecular flexibility index (Phi) is 2.43. The molecule has 0 aliphatic heterocycles. The van der Waals surface area contributed by atoms with E-state index in [4.69, 9.17) is 0 Å². The molecule has 0 saturated carbocycles. The quantitative estimate of drug-likeness (QED) is 0.617. The molecular formula is C9H12N2O. The van der Waals surface area contributed by atoms with Gasteiger partial charge in [0, 0.05) is 14.1 Å². The molecule has 3 nitrogen and oxygen atoms in total. The maximum absolute atomic E-state index is 10.5. The van der Waals surface area contributed by atoms with E-state index in [9.17, 15) is 4.79 Å². The first-order valence-corrected chi connectivity index (χ1v) is 3.75. The average Bonchev–Trinajstić information content (AvgIpc) is 2.05. The molecule has 1 aromatic heterocycles. The van der Waals surface area contributed by atoms with Gasteiger partial charge in [0.1, 0.15) is 11.5 Å². The van der Waals surface area contributed by atoms with Crippen molar-refractivity contribution in [2.24, 2.45) is 0 Å². The summed E-state index contributed by atoms with van der Waals surface area (Å²) in [6, 6.07) is 3.79. The number of rotatable bonds is 2. The lowest BCUT2D eigenvalue weighted by Crippen LogP contribution is -2.11. The van der Waals surface area contributed by atoms with Crippen LogP contribution in [0.3, 0.4) is 0 Å². The van der Waals surface area contributed by atoms with Crippen molar-refractivity contribution < 1.29 is 4.79 Å². The van der Waals surface area contributed by atoms with Crippen LogP contribution in [-0.2, 0) is 0 Å². The molecular weight excluding hydrogens is 152 g/mol. The highest BCUT2D eigenvalue weighted by atomic mass is 16.1. The Morgan fingerprint density at radius 1 is 1.42 bits per heavy atom. The number of nitrogens with zero attached hydrogens (tertiary/aromatic N) is 2. The number of aromatic nitrogens is 1. The Labute approximate surface area is 72.0 Å². The number of pyridine rings is 1. The van der Waals surface area contributed by atoms with E-state index >= 15 is 0 Å². The molecule has 0 aliphatic rings. The fourth-order valence-corrected chi connectivity index (χ4v) is 0.902. The Balaban J connectivity index is 3.13. The molecule has 1 heterocycles. The smallest absolute Gasteiger partial charge is 0.168 e. The van der Waals surface area contributed by atoms with E-state index in [2.05, 4.69) is 4.98 Å². The lowest BCUT2D eigenvalue weighted by atomic mass is 10.2. The van der Waals surface area contributed by atoms with E-state index < -0.39 is 0 Å². The van der Waals surface area contributed by atoms with Gasteiger partial charge >= 0.3 is 0 Å². The Hall–Kier alpha value is -1.38. The van der Waals surface area contributed by atoms with Crippen LogP contribution in [0.5, 0.6) is 0 Å². The van der Waals surface area contributed by atoms with Gasteiger partial charge in [-0.1, -0.05) is 6.07 Å². The summed E-state index contributed by atoms with van der Waals surface area (Å²) in [5.74, 6) is 0.808. The summed E-state index contributed by atoms with van der Waals surface area (Å²) in [4.78, 5) is 16.5. The van der Waals surface area contributed by atoms with E-state index in [0.29, 0.717) is 5.69 Å². The van der Waals surface area contributed by atoms with Gasteiger partial charge in [-0.2, -0.15) is 0 Å². The number of carbonyl (C=O) groups is 1. The van der Waals surface area contributed by atoms with Crippen molar-refractivity contribution in [1.82, 2.24) is 4.98 Å². The van der Waals surface area contributed by atoms with E-state index in [0.717, 1.165) is 17.7 Å². The molecule has 0 saturated heterocycles. The first-order valence-electron chi connectivity index (χ1n) is 3.75. The third-order valence-corrected chi connectivity index (χ3v) is 1.69. The number of carbonyl (C=O) groups excluding carboxylic acids is 1. The number of aldehydes is 1. The standard InChI is InChI=1S/C9H12N2O/c1-7-4-5-9(11(2)3)10-8(7)6-12/h4-6H,1-3H3. The molecule has 0 atom stereocenters. The van der Waals surface area contributed by atoms with Crippen LogP contribution in [-0.4, -0.2) is 25.4 Å². The topological polar surface area (TPSA) is 33.2 Å². The van der Waals surface area contributed by atoms with E-state index in [1.165, 1.54) is 0 Å². The van der Waals surface area contributed by atoms with Gasteiger partial charge in [-0.15, -0.1) is 0 Å². The monoisotopic (exact) mass is 164 g/mol. The minimum Gasteiger partial charge on any atom is -0.363 e. The second-order valence-electron chi connectivity index (χ2n) is 2.88. The number of anilines is 1. The Morgan fingerprint density at radius 2 is 2.08 bits per heavy atom. The lowest BCUT2D eigenvalue weighted by molar-refractivity contribution is 0.111. The van der Waals surface area contributed by atoms with Crippen LogP contribution in [0, 0.1) is 6.92 Å². The van der Waals surface area contributed by atoms with Gasteiger partial charge in [0.25, 0.3) is 0 Å². The zero-order chi connectivity index (χ0) is 9.14.